The standard InChI is InChI=1S/C19H23N3O/c20-21-19(23)6-3-11-22-12-9-16(10-13-22)18-8-7-15-4-1-2-5-17(15)14-18/h1-2,4-5,7-9,14H,3,6,10-13,20H2,(H,21,23). The summed E-state index contributed by atoms with van der Waals surface area (Å²) in [4.78, 5) is 13.5. The summed E-state index contributed by atoms with van der Waals surface area (Å²) in [6, 6.07) is 15.2. The molecule has 0 atom stereocenters. The molecule has 3 N–H and O–H groups in total. The normalized spacial score (nSPS) is 15.4. The van der Waals surface area contributed by atoms with Crippen LogP contribution in [0, 0.1) is 0 Å². The molecular formula is C19H23N3O. The van der Waals surface area contributed by atoms with Crippen LogP contribution in [-0.2, 0) is 4.79 Å². The van der Waals surface area contributed by atoms with Gasteiger partial charge in [0.1, 0.15) is 0 Å². The highest BCUT2D eigenvalue weighted by Gasteiger charge is 2.13. The number of nitrogens with zero attached hydrogens (tertiary/aromatic N) is 1. The molecule has 0 fully saturated rings. The third-order valence-electron chi connectivity index (χ3n) is 4.45. The van der Waals surface area contributed by atoms with E-state index >= 15 is 0 Å². The molecule has 0 saturated carbocycles. The van der Waals surface area contributed by atoms with Crippen LogP contribution in [0.5, 0.6) is 0 Å². The summed E-state index contributed by atoms with van der Waals surface area (Å²) in [7, 11) is 0. The highest BCUT2D eigenvalue weighted by Crippen LogP contribution is 2.25. The van der Waals surface area contributed by atoms with E-state index in [-0.39, 0.29) is 5.91 Å². The molecule has 0 spiro atoms. The summed E-state index contributed by atoms with van der Waals surface area (Å²) in [5, 5.41) is 2.58. The lowest BCUT2D eigenvalue weighted by molar-refractivity contribution is -0.121. The Kier molecular flexibility index (Phi) is 5.05. The van der Waals surface area contributed by atoms with E-state index in [2.05, 4.69) is 58.9 Å². The van der Waals surface area contributed by atoms with E-state index in [4.69, 9.17) is 5.84 Å². The topological polar surface area (TPSA) is 58.4 Å². The van der Waals surface area contributed by atoms with Gasteiger partial charge in [0.25, 0.3) is 0 Å². The fourth-order valence-electron chi connectivity index (χ4n) is 3.10. The molecular weight excluding hydrogens is 286 g/mol. The fraction of sp³-hybridized carbons (Fsp3) is 0.316. The number of rotatable bonds is 5. The molecule has 23 heavy (non-hydrogen) atoms. The van der Waals surface area contributed by atoms with Crippen LogP contribution in [0.2, 0.25) is 0 Å². The van der Waals surface area contributed by atoms with Crippen LogP contribution in [0.4, 0.5) is 0 Å². The first-order valence-corrected chi connectivity index (χ1v) is 8.16. The Bertz CT molecular complexity index is 723. The van der Waals surface area contributed by atoms with E-state index in [1.54, 1.807) is 0 Å². The van der Waals surface area contributed by atoms with Crippen molar-refractivity contribution in [2.45, 2.75) is 19.3 Å². The van der Waals surface area contributed by atoms with Gasteiger partial charge in [-0.3, -0.25) is 15.1 Å². The van der Waals surface area contributed by atoms with Gasteiger partial charge in [-0.05, 0) is 47.4 Å². The molecule has 4 nitrogen and oxygen atoms in total. The number of carbonyl (C=O) groups is 1. The van der Waals surface area contributed by atoms with Crippen LogP contribution < -0.4 is 11.3 Å². The van der Waals surface area contributed by atoms with Crippen LogP contribution >= 0.6 is 0 Å². The molecule has 1 aliphatic heterocycles. The average Bonchev–Trinajstić information content (AvgIpc) is 2.61. The number of nitrogens with two attached hydrogens (primary N) is 1. The van der Waals surface area contributed by atoms with E-state index in [1.165, 1.54) is 21.9 Å². The molecule has 120 valence electrons. The maximum absolute atomic E-state index is 11.1. The summed E-state index contributed by atoms with van der Waals surface area (Å²) < 4.78 is 0. The van der Waals surface area contributed by atoms with Crippen molar-refractivity contribution >= 4 is 22.3 Å². The number of hydrogen-bond acceptors (Lipinski definition) is 3. The van der Waals surface area contributed by atoms with Crippen molar-refractivity contribution in [2.24, 2.45) is 5.84 Å². The Labute approximate surface area is 136 Å². The smallest absolute Gasteiger partial charge is 0.233 e. The van der Waals surface area contributed by atoms with Gasteiger partial charge in [-0.15, -0.1) is 0 Å². The second kappa shape index (κ2) is 7.40. The van der Waals surface area contributed by atoms with E-state index in [0.717, 1.165) is 32.5 Å². The van der Waals surface area contributed by atoms with E-state index in [0.29, 0.717) is 6.42 Å². The van der Waals surface area contributed by atoms with Gasteiger partial charge in [0.05, 0.1) is 0 Å². The highest BCUT2D eigenvalue weighted by molar-refractivity contribution is 5.86. The maximum atomic E-state index is 11.1. The van der Waals surface area contributed by atoms with Crippen LogP contribution in [0.1, 0.15) is 24.8 Å². The second-order valence-corrected chi connectivity index (χ2v) is 6.01. The minimum absolute atomic E-state index is 0.0885. The number of benzene rings is 2. The predicted octanol–water partition coefficient (Wildman–Crippen LogP) is 2.70. The van der Waals surface area contributed by atoms with Crippen molar-refractivity contribution < 1.29 is 4.79 Å². The second-order valence-electron chi connectivity index (χ2n) is 6.01. The van der Waals surface area contributed by atoms with Crippen molar-refractivity contribution in [3.8, 4) is 0 Å². The number of hydrogen-bond donors (Lipinski definition) is 2. The zero-order valence-corrected chi connectivity index (χ0v) is 13.3. The van der Waals surface area contributed by atoms with Gasteiger partial charge in [0.2, 0.25) is 5.91 Å². The quantitative estimate of drug-likeness (QED) is 0.507. The van der Waals surface area contributed by atoms with E-state index < -0.39 is 0 Å². The summed E-state index contributed by atoms with van der Waals surface area (Å²) >= 11 is 0. The maximum Gasteiger partial charge on any atom is 0.233 e. The largest absolute Gasteiger partial charge is 0.299 e. The van der Waals surface area contributed by atoms with Crippen LogP contribution in [-0.4, -0.2) is 30.4 Å². The number of carbonyl (C=O) groups excluding carboxylic acids is 1. The number of fused-ring (bicyclic) bond motifs is 1. The van der Waals surface area contributed by atoms with Crippen LogP contribution in [0.25, 0.3) is 16.3 Å². The Morgan fingerprint density at radius 2 is 2.00 bits per heavy atom. The van der Waals surface area contributed by atoms with Gasteiger partial charge in [0, 0.05) is 19.5 Å². The summed E-state index contributed by atoms with van der Waals surface area (Å²) in [5.41, 5.74) is 4.92. The van der Waals surface area contributed by atoms with Gasteiger partial charge in [0.15, 0.2) is 0 Å². The lowest BCUT2D eigenvalue weighted by Crippen LogP contribution is -2.32. The first-order chi connectivity index (χ1) is 11.3. The SMILES string of the molecule is NNC(=O)CCCN1CC=C(c2ccc3ccccc3c2)CC1. The van der Waals surface area contributed by atoms with Gasteiger partial charge in [-0.25, -0.2) is 5.84 Å². The molecule has 0 aromatic heterocycles. The third-order valence-corrected chi connectivity index (χ3v) is 4.45. The number of nitrogens with one attached hydrogen (secondary N) is 1. The Morgan fingerprint density at radius 3 is 2.74 bits per heavy atom. The van der Waals surface area contributed by atoms with E-state index in [1.807, 2.05) is 0 Å². The minimum atomic E-state index is -0.0885. The van der Waals surface area contributed by atoms with E-state index in [9.17, 15) is 4.79 Å². The zero-order valence-electron chi connectivity index (χ0n) is 13.3. The van der Waals surface area contributed by atoms with Gasteiger partial charge in [-0.2, -0.15) is 0 Å². The van der Waals surface area contributed by atoms with Crippen molar-refractivity contribution in [2.75, 3.05) is 19.6 Å². The summed E-state index contributed by atoms with van der Waals surface area (Å²) in [6.07, 6.45) is 4.72. The first kappa shape index (κ1) is 15.7. The van der Waals surface area contributed by atoms with Crippen molar-refractivity contribution in [1.29, 1.82) is 0 Å². The third kappa shape index (κ3) is 3.97. The molecule has 0 saturated heterocycles. The first-order valence-electron chi connectivity index (χ1n) is 8.16. The number of amides is 1. The van der Waals surface area contributed by atoms with Crippen molar-refractivity contribution in [1.82, 2.24) is 10.3 Å². The van der Waals surface area contributed by atoms with Crippen molar-refractivity contribution in [3.05, 3.63) is 54.1 Å². The molecule has 0 radical (unpaired) electrons. The lowest BCUT2D eigenvalue weighted by atomic mass is 9.97. The molecule has 1 heterocycles. The number of hydrazine groups is 1. The van der Waals surface area contributed by atoms with Crippen molar-refractivity contribution in [3.63, 3.8) is 0 Å². The Morgan fingerprint density at radius 1 is 1.17 bits per heavy atom. The molecule has 0 unspecified atom stereocenters. The van der Waals surface area contributed by atoms with Gasteiger partial charge >= 0.3 is 0 Å². The Hall–Kier alpha value is -2.17. The molecule has 4 heteroatoms. The summed E-state index contributed by atoms with van der Waals surface area (Å²) in [6.45, 7) is 2.93. The molecule has 2 aromatic carbocycles. The molecule has 3 rings (SSSR count). The Balaban J connectivity index is 1.60. The molecule has 2 aromatic rings. The highest BCUT2D eigenvalue weighted by atomic mass is 16.2. The molecule has 1 amide bonds. The van der Waals surface area contributed by atoms with Crippen LogP contribution in [0.15, 0.2) is 48.5 Å². The van der Waals surface area contributed by atoms with Gasteiger partial charge < -0.3 is 0 Å². The zero-order chi connectivity index (χ0) is 16.1. The molecule has 0 aliphatic carbocycles. The lowest BCUT2D eigenvalue weighted by Gasteiger charge is -2.26. The monoisotopic (exact) mass is 309 g/mol. The summed E-state index contributed by atoms with van der Waals surface area (Å²) in [5.74, 6) is 5.00. The van der Waals surface area contributed by atoms with Crippen LogP contribution in [0.3, 0.4) is 0 Å². The predicted molar refractivity (Wildman–Crippen MR) is 94.5 cm³/mol. The van der Waals surface area contributed by atoms with Gasteiger partial charge in [-0.1, -0.05) is 42.5 Å². The molecule has 0 bridgehead atoms. The average molecular weight is 309 g/mol. The fourth-order valence-corrected chi connectivity index (χ4v) is 3.10. The minimum Gasteiger partial charge on any atom is -0.299 e. The molecule has 1 aliphatic rings.